The summed E-state index contributed by atoms with van der Waals surface area (Å²) in [6.45, 7) is 5.95. The first kappa shape index (κ1) is 25.2. The van der Waals surface area contributed by atoms with E-state index >= 15 is 0 Å². The fourth-order valence-corrected chi connectivity index (χ4v) is 3.56. The van der Waals surface area contributed by atoms with E-state index in [-0.39, 0.29) is 23.9 Å². The number of sulfonamides is 1. The zero-order valence-corrected chi connectivity index (χ0v) is 19.6. The maximum atomic E-state index is 11.6. The van der Waals surface area contributed by atoms with Gasteiger partial charge in [-0.15, -0.1) is 6.42 Å². The smallest absolute Gasteiger partial charge is 0.238 e. The van der Waals surface area contributed by atoms with Crippen molar-refractivity contribution in [3.63, 3.8) is 0 Å². The van der Waals surface area contributed by atoms with Crippen molar-refractivity contribution in [2.75, 3.05) is 37.8 Å². The molecule has 0 bridgehead atoms. The van der Waals surface area contributed by atoms with Crippen LogP contribution in [0.25, 0.3) is 5.57 Å². The summed E-state index contributed by atoms with van der Waals surface area (Å²) in [5.41, 5.74) is 3.57. The summed E-state index contributed by atoms with van der Waals surface area (Å²) in [6.07, 6.45) is 13.8. The highest BCUT2D eigenvalue weighted by Gasteiger charge is 2.20. The minimum Gasteiger partial charge on any atom is -0.506 e. The van der Waals surface area contributed by atoms with Gasteiger partial charge in [0.05, 0.1) is 13.4 Å². The normalized spacial score (nSPS) is 17.0. The predicted molar refractivity (Wildman–Crippen MR) is 128 cm³/mol. The Balaban J connectivity index is 0.000000636. The van der Waals surface area contributed by atoms with Gasteiger partial charge in [0.1, 0.15) is 23.7 Å². The van der Waals surface area contributed by atoms with E-state index in [0.717, 1.165) is 30.6 Å². The predicted octanol–water partition coefficient (Wildman–Crippen LogP) is 3.51. The van der Waals surface area contributed by atoms with Crippen LogP contribution < -0.4 is 9.46 Å². The number of hydrogen-bond acceptors (Lipinski definition) is 7. The summed E-state index contributed by atoms with van der Waals surface area (Å²) >= 11 is 0. The van der Waals surface area contributed by atoms with E-state index in [1.807, 2.05) is 19.9 Å². The monoisotopic (exact) mass is 459 g/mol. The van der Waals surface area contributed by atoms with Crippen LogP contribution in [0, 0.1) is 12.3 Å². The molecule has 0 aromatic carbocycles. The van der Waals surface area contributed by atoms with E-state index in [1.165, 1.54) is 32.2 Å². The van der Waals surface area contributed by atoms with E-state index in [1.54, 1.807) is 6.07 Å². The van der Waals surface area contributed by atoms with Crippen molar-refractivity contribution in [3.05, 3.63) is 46.9 Å². The van der Waals surface area contributed by atoms with Crippen LogP contribution in [0.15, 0.2) is 46.3 Å². The third-order valence-corrected chi connectivity index (χ3v) is 5.05. The minimum absolute atomic E-state index is 0.0209. The number of hydrogen-bond donors (Lipinski definition) is 2. The Morgan fingerprint density at radius 2 is 2.03 bits per heavy atom. The molecule has 8 nitrogen and oxygen atoms in total. The van der Waals surface area contributed by atoms with Gasteiger partial charge in [-0.1, -0.05) is 11.5 Å². The van der Waals surface area contributed by atoms with Gasteiger partial charge in [-0.2, -0.15) is 0 Å². The highest BCUT2D eigenvalue weighted by molar-refractivity contribution is 7.92. The summed E-state index contributed by atoms with van der Waals surface area (Å²) < 4.78 is 35.6. The van der Waals surface area contributed by atoms with E-state index in [2.05, 4.69) is 20.6 Å². The van der Waals surface area contributed by atoms with Crippen LogP contribution in [0.4, 0.5) is 5.69 Å². The summed E-state index contributed by atoms with van der Waals surface area (Å²) in [5.74, 6) is 2.55. The highest BCUT2D eigenvalue weighted by atomic mass is 32.2. The molecule has 0 radical (unpaired) electrons. The van der Waals surface area contributed by atoms with Crippen molar-refractivity contribution in [3.8, 4) is 18.2 Å². The Bertz CT molecular complexity index is 1090. The number of nitrogens with zero attached hydrogens (tertiary/aromatic N) is 2. The maximum Gasteiger partial charge on any atom is 0.238 e. The number of ether oxygens (including phenoxy) is 2. The molecule has 0 saturated carbocycles. The zero-order valence-electron chi connectivity index (χ0n) is 18.8. The summed E-state index contributed by atoms with van der Waals surface area (Å²) in [6, 6.07) is 1.59. The van der Waals surface area contributed by atoms with Gasteiger partial charge in [0.15, 0.2) is 0 Å². The van der Waals surface area contributed by atoms with Crippen LogP contribution in [0.2, 0.25) is 0 Å². The second kappa shape index (κ2) is 11.5. The van der Waals surface area contributed by atoms with Crippen molar-refractivity contribution in [1.82, 2.24) is 4.98 Å². The number of methoxy groups -OCH3 is 1. The van der Waals surface area contributed by atoms with Gasteiger partial charge >= 0.3 is 0 Å². The lowest BCUT2D eigenvalue weighted by Gasteiger charge is -2.18. The Morgan fingerprint density at radius 3 is 2.53 bits per heavy atom. The van der Waals surface area contributed by atoms with Crippen molar-refractivity contribution in [1.29, 1.82) is 0 Å². The van der Waals surface area contributed by atoms with Crippen LogP contribution in [-0.4, -0.2) is 57.3 Å². The van der Waals surface area contributed by atoms with Crippen LogP contribution in [0.1, 0.15) is 32.3 Å². The second-order valence-corrected chi connectivity index (χ2v) is 9.13. The summed E-state index contributed by atoms with van der Waals surface area (Å²) in [4.78, 5) is 8.39. The largest absolute Gasteiger partial charge is 0.506 e. The van der Waals surface area contributed by atoms with Crippen LogP contribution >= 0.6 is 0 Å². The van der Waals surface area contributed by atoms with Crippen molar-refractivity contribution in [2.45, 2.75) is 26.7 Å². The third-order valence-electron chi connectivity index (χ3n) is 4.46. The molecule has 1 fully saturated rings. The van der Waals surface area contributed by atoms with Crippen LogP contribution in [0.3, 0.4) is 0 Å². The molecule has 9 heteroatoms. The number of anilines is 1. The zero-order chi connectivity index (χ0) is 23.7. The van der Waals surface area contributed by atoms with Gasteiger partial charge in [0.2, 0.25) is 15.9 Å². The lowest BCUT2D eigenvalue weighted by molar-refractivity contribution is 0.198. The molecule has 0 spiro atoms. The molecule has 1 saturated heterocycles. The Kier molecular flexibility index (Phi) is 9.05. The van der Waals surface area contributed by atoms with Gasteiger partial charge in [-0.25, -0.2) is 13.4 Å². The van der Waals surface area contributed by atoms with Gasteiger partial charge in [0, 0.05) is 30.5 Å². The Labute approximate surface area is 189 Å². The molecule has 2 N–H and O–H groups in total. The van der Waals surface area contributed by atoms with E-state index < -0.39 is 10.0 Å². The maximum absolute atomic E-state index is 11.6. The van der Waals surface area contributed by atoms with E-state index in [9.17, 15) is 13.5 Å². The molecule has 2 aliphatic rings. The van der Waals surface area contributed by atoms with Gasteiger partial charge in [-0.3, -0.25) is 9.71 Å². The molecule has 1 aromatic rings. The lowest BCUT2D eigenvalue weighted by atomic mass is 9.92. The molecule has 32 heavy (non-hydrogen) atoms. The van der Waals surface area contributed by atoms with Gasteiger partial charge < -0.3 is 14.6 Å². The molecular weight excluding hydrogens is 430 g/mol. The average molecular weight is 460 g/mol. The number of rotatable bonds is 5. The third kappa shape index (κ3) is 7.25. The van der Waals surface area contributed by atoms with E-state index in [0.29, 0.717) is 16.8 Å². The van der Waals surface area contributed by atoms with Gasteiger partial charge in [-0.05, 0) is 50.5 Å². The van der Waals surface area contributed by atoms with Crippen LogP contribution in [0.5, 0.6) is 5.88 Å². The molecule has 0 atom stereocenters. The molecule has 1 aromatic heterocycles. The first-order chi connectivity index (χ1) is 15.2. The standard InChI is InChI=1S/C19H21N3O4S.C4H8O/c1-6-7-20-18-15(12(2)3)8-13(10-17(18)23)14-9-16(22-27(5,24)25)19(26-4)21-11-14;1-2-4-5-3-1/h1,8-11,22-23H,7H2,2-5H3;1-4H2. The fourth-order valence-electron chi connectivity index (χ4n) is 3.01. The first-order valence-corrected chi connectivity index (χ1v) is 11.9. The average Bonchev–Trinajstić information content (AvgIpc) is 3.31. The number of terminal acetylenes is 1. The molecule has 0 unspecified atom stereocenters. The molecular formula is C23H29N3O5S. The number of aromatic nitrogens is 1. The molecule has 1 aliphatic heterocycles. The van der Waals surface area contributed by atoms with Crippen molar-refractivity contribution >= 4 is 27.0 Å². The molecule has 0 amide bonds. The summed E-state index contributed by atoms with van der Waals surface area (Å²) in [5, 5.41) is 10.4. The lowest BCUT2D eigenvalue weighted by Crippen LogP contribution is -2.13. The number of aliphatic imine (C=N–C) groups is 1. The molecule has 1 aliphatic carbocycles. The second-order valence-electron chi connectivity index (χ2n) is 7.39. The van der Waals surface area contributed by atoms with Gasteiger partial charge in [0.25, 0.3) is 0 Å². The fraction of sp³-hybridized carbons (Fsp3) is 0.391. The minimum atomic E-state index is -3.51. The topological polar surface area (TPSA) is 110 Å². The Morgan fingerprint density at radius 1 is 1.34 bits per heavy atom. The molecule has 2 heterocycles. The number of aliphatic hydroxyl groups excluding tert-OH is 1. The molecule has 172 valence electrons. The van der Waals surface area contributed by atoms with Crippen LogP contribution in [-0.2, 0) is 14.8 Å². The number of pyridine rings is 1. The first-order valence-electron chi connectivity index (χ1n) is 10.0. The SMILES string of the molecule is C#CCN=C1C(O)=CC(c2cnc(OC)c(NS(C)(=O)=O)c2)=CC1=C(C)C.C1CCOC1. The van der Waals surface area contributed by atoms with E-state index in [4.69, 9.17) is 15.9 Å². The Hall–Kier alpha value is -3.09. The van der Waals surface area contributed by atoms with Crippen molar-refractivity contribution < 1.29 is 23.0 Å². The highest BCUT2D eigenvalue weighted by Crippen LogP contribution is 2.31. The molecule has 3 rings (SSSR count). The number of nitrogens with one attached hydrogen (secondary N) is 1. The summed E-state index contributed by atoms with van der Waals surface area (Å²) in [7, 11) is -2.11. The number of allylic oxidation sites excluding steroid dienone is 5. The van der Waals surface area contributed by atoms with Crippen molar-refractivity contribution in [2.24, 2.45) is 4.99 Å². The number of aliphatic hydroxyl groups is 1. The quantitative estimate of drug-likeness (QED) is 0.652.